The van der Waals surface area contributed by atoms with E-state index >= 15 is 0 Å². The quantitative estimate of drug-likeness (QED) is 0.866. The zero-order valence-corrected chi connectivity index (χ0v) is 13.6. The fourth-order valence-electron chi connectivity index (χ4n) is 2.71. The highest BCUT2D eigenvalue weighted by Gasteiger charge is 2.33. The summed E-state index contributed by atoms with van der Waals surface area (Å²) >= 11 is 0. The molecule has 1 amide bonds. The average Bonchev–Trinajstić information content (AvgIpc) is 2.40. The van der Waals surface area contributed by atoms with Gasteiger partial charge < -0.3 is 14.7 Å². The van der Waals surface area contributed by atoms with Crippen molar-refractivity contribution in [3.05, 3.63) is 35.1 Å². The van der Waals surface area contributed by atoms with E-state index in [0.29, 0.717) is 18.5 Å². The minimum atomic E-state index is -0.675. The fourth-order valence-corrected chi connectivity index (χ4v) is 2.71. The van der Waals surface area contributed by atoms with E-state index in [0.717, 1.165) is 5.56 Å². The maximum absolute atomic E-state index is 13.4. The van der Waals surface area contributed by atoms with E-state index in [1.807, 2.05) is 20.8 Å². The second-order valence-corrected chi connectivity index (χ2v) is 6.90. The highest BCUT2D eigenvalue weighted by atomic mass is 19.1. The second-order valence-electron chi connectivity index (χ2n) is 6.90. The third kappa shape index (κ3) is 3.97. The maximum atomic E-state index is 13.4. The summed E-state index contributed by atoms with van der Waals surface area (Å²) in [5.41, 5.74) is 0.932. The van der Waals surface area contributed by atoms with Gasteiger partial charge in [-0.1, -0.05) is 12.1 Å². The number of carbonyl (C=O) groups excluding carboxylic acids is 1. The third-order valence-corrected chi connectivity index (χ3v) is 3.84. The number of aliphatic hydroxyl groups is 1. The van der Waals surface area contributed by atoms with Crippen molar-refractivity contribution in [2.75, 3.05) is 13.1 Å². The number of amides is 1. The van der Waals surface area contributed by atoms with Crippen molar-refractivity contribution in [3.63, 3.8) is 0 Å². The van der Waals surface area contributed by atoms with Crippen LogP contribution in [0.25, 0.3) is 0 Å². The van der Waals surface area contributed by atoms with Crippen molar-refractivity contribution in [2.24, 2.45) is 0 Å². The van der Waals surface area contributed by atoms with Crippen LogP contribution < -0.4 is 0 Å². The normalized spacial score (nSPS) is 22.5. The zero-order chi connectivity index (χ0) is 16.5. The van der Waals surface area contributed by atoms with E-state index in [1.165, 1.54) is 11.0 Å². The molecular weight excluding hydrogens is 285 g/mol. The van der Waals surface area contributed by atoms with Gasteiger partial charge in [0.25, 0.3) is 0 Å². The van der Waals surface area contributed by atoms with Gasteiger partial charge in [-0.3, -0.25) is 0 Å². The Balaban J connectivity index is 2.03. The number of likely N-dealkylation sites (tertiary alicyclic amines) is 1. The molecule has 22 heavy (non-hydrogen) atoms. The summed E-state index contributed by atoms with van der Waals surface area (Å²) in [6.45, 7) is 7.91. The first-order chi connectivity index (χ1) is 10.2. The molecule has 0 bridgehead atoms. The SMILES string of the molecule is Cc1cc([C@@H]2CCN(C(=O)OC(C)(C)C)C[C@@H]2O)ccc1F. The Morgan fingerprint density at radius 3 is 2.64 bits per heavy atom. The summed E-state index contributed by atoms with van der Waals surface area (Å²) in [5, 5.41) is 10.4. The Hall–Kier alpha value is -1.62. The van der Waals surface area contributed by atoms with Gasteiger partial charge in [0, 0.05) is 12.5 Å². The molecule has 2 atom stereocenters. The molecule has 0 saturated carbocycles. The molecule has 2 rings (SSSR count). The van der Waals surface area contributed by atoms with Gasteiger partial charge in [-0.25, -0.2) is 9.18 Å². The lowest BCUT2D eigenvalue weighted by Crippen LogP contribution is -2.47. The van der Waals surface area contributed by atoms with E-state index in [-0.39, 0.29) is 18.3 Å². The van der Waals surface area contributed by atoms with Crippen LogP contribution in [0, 0.1) is 12.7 Å². The first-order valence-corrected chi connectivity index (χ1v) is 7.59. The standard InChI is InChI=1S/C17H24FNO3/c1-11-9-12(5-6-14(11)18)13-7-8-19(10-15(13)20)16(21)22-17(2,3)4/h5-6,9,13,15,20H,7-8,10H2,1-4H3/t13-,15-/m0/s1. The largest absolute Gasteiger partial charge is 0.444 e. The van der Waals surface area contributed by atoms with Crippen LogP contribution in [0.1, 0.15) is 44.2 Å². The van der Waals surface area contributed by atoms with Gasteiger partial charge in [0.1, 0.15) is 11.4 Å². The Kier molecular flexibility index (Phi) is 4.75. The predicted molar refractivity (Wildman–Crippen MR) is 82.3 cm³/mol. The molecule has 0 spiro atoms. The molecule has 122 valence electrons. The van der Waals surface area contributed by atoms with Gasteiger partial charge >= 0.3 is 6.09 Å². The Morgan fingerprint density at radius 1 is 1.41 bits per heavy atom. The van der Waals surface area contributed by atoms with E-state index < -0.39 is 17.8 Å². The van der Waals surface area contributed by atoms with Crippen LogP contribution in [0.2, 0.25) is 0 Å². The number of rotatable bonds is 1. The molecule has 0 radical (unpaired) electrons. The van der Waals surface area contributed by atoms with Crippen molar-refractivity contribution in [1.82, 2.24) is 4.90 Å². The van der Waals surface area contributed by atoms with Crippen molar-refractivity contribution in [3.8, 4) is 0 Å². The Bertz CT molecular complexity index is 553. The highest BCUT2D eigenvalue weighted by molar-refractivity contribution is 5.68. The number of ether oxygens (including phenoxy) is 1. The molecule has 1 aliphatic rings. The van der Waals surface area contributed by atoms with Gasteiger partial charge in [-0.2, -0.15) is 0 Å². The van der Waals surface area contributed by atoms with Crippen LogP contribution in [0.4, 0.5) is 9.18 Å². The summed E-state index contributed by atoms with van der Waals surface area (Å²) in [6, 6.07) is 4.91. The maximum Gasteiger partial charge on any atom is 0.410 e. The number of halogens is 1. The molecule has 1 N–H and O–H groups in total. The van der Waals surface area contributed by atoms with E-state index in [9.17, 15) is 14.3 Å². The van der Waals surface area contributed by atoms with Crippen LogP contribution >= 0.6 is 0 Å². The molecular formula is C17H24FNO3. The summed E-state index contributed by atoms with van der Waals surface area (Å²) in [7, 11) is 0. The molecule has 1 fully saturated rings. The van der Waals surface area contributed by atoms with E-state index in [2.05, 4.69) is 0 Å². The number of hydrogen-bond acceptors (Lipinski definition) is 3. The molecule has 1 aromatic rings. The predicted octanol–water partition coefficient (Wildman–Crippen LogP) is 3.22. The van der Waals surface area contributed by atoms with Crippen LogP contribution in [0.5, 0.6) is 0 Å². The van der Waals surface area contributed by atoms with Crippen LogP contribution in [-0.2, 0) is 4.74 Å². The number of benzene rings is 1. The monoisotopic (exact) mass is 309 g/mol. The Morgan fingerprint density at radius 2 is 2.09 bits per heavy atom. The summed E-state index contributed by atoms with van der Waals surface area (Å²) in [4.78, 5) is 13.6. The van der Waals surface area contributed by atoms with Crippen molar-refractivity contribution in [2.45, 2.75) is 51.7 Å². The molecule has 5 heteroatoms. The smallest absolute Gasteiger partial charge is 0.410 e. The molecule has 1 aromatic carbocycles. The fraction of sp³-hybridized carbons (Fsp3) is 0.588. The van der Waals surface area contributed by atoms with Gasteiger partial charge in [-0.15, -0.1) is 0 Å². The lowest BCUT2D eigenvalue weighted by Gasteiger charge is -2.37. The number of aliphatic hydroxyl groups excluding tert-OH is 1. The van der Waals surface area contributed by atoms with Gasteiger partial charge in [-0.05, 0) is 51.3 Å². The second kappa shape index (κ2) is 6.24. The lowest BCUT2D eigenvalue weighted by atomic mass is 9.86. The number of nitrogens with zero attached hydrogens (tertiary/aromatic N) is 1. The molecule has 0 unspecified atom stereocenters. The summed E-state index contributed by atoms with van der Waals surface area (Å²) in [5.74, 6) is -0.331. The average molecular weight is 309 g/mol. The number of piperidine rings is 1. The lowest BCUT2D eigenvalue weighted by molar-refractivity contribution is -0.00152. The molecule has 1 heterocycles. The highest BCUT2D eigenvalue weighted by Crippen LogP contribution is 2.30. The van der Waals surface area contributed by atoms with Gasteiger partial charge in [0.15, 0.2) is 0 Å². The number of β-amino-alcohol motifs (C(OH)–C–C–N with tert-alkyl or cyclic N) is 1. The molecule has 1 aliphatic heterocycles. The van der Waals surface area contributed by atoms with Crippen molar-refractivity contribution < 1.29 is 19.0 Å². The topological polar surface area (TPSA) is 49.8 Å². The molecule has 0 aliphatic carbocycles. The number of carbonyl (C=O) groups is 1. The van der Waals surface area contributed by atoms with Gasteiger partial charge in [0.05, 0.1) is 12.6 Å². The molecule has 4 nitrogen and oxygen atoms in total. The minimum absolute atomic E-state index is 0.0852. The number of hydrogen-bond donors (Lipinski definition) is 1. The van der Waals surface area contributed by atoms with E-state index in [1.54, 1.807) is 19.1 Å². The summed E-state index contributed by atoms with van der Waals surface area (Å²) < 4.78 is 18.7. The van der Waals surface area contributed by atoms with Crippen LogP contribution in [0.3, 0.4) is 0 Å². The minimum Gasteiger partial charge on any atom is -0.444 e. The van der Waals surface area contributed by atoms with Gasteiger partial charge in [0.2, 0.25) is 0 Å². The molecule has 1 saturated heterocycles. The zero-order valence-electron chi connectivity index (χ0n) is 13.6. The first-order valence-electron chi connectivity index (χ1n) is 7.59. The third-order valence-electron chi connectivity index (χ3n) is 3.84. The molecule has 0 aromatic heterocycles. The van der Waals surface area contributed by atoms with Crippen LogP contribution in [-0.4, -0.2) is 40.9 Å². The van der Waals surface area contributed by atoms with Crippen molar-refractivity contribution >= 4 is 6.09 Å². The van der Waals surface area contributed by atoms with Crippen molar-refractivity contribution in [1.29, 1.82) is 0 Å². The number of aryl methyl sites for hydroxylation is 1. The first kappa shape index (κ1) is 16.7. The Labute approximate surface area is 130 Å². The van der Waals surface area contributed by atoms with E-state index in [4.69, 9.17) is 4.74 Å². The van der Waals surface area contributed by atoms with Crippen LogP contribution in [0.15, 0.2) is 18.2 Å². The summed E-state index contributed by atoms with van der Waals surface area (Å²) in [6.07, 6.45) is -0.447.